The average Bonchev–Trinajstić information content (AvgIpc) is 3.31. The standard InChI is InChI=1S/C24H18N6O3S/c1-15(31)23-29-30(18-7-9-19(33-2)10-8-18)24(34-23)20(13-25)22(32)16-3-5-17(6-4-16)28-21-14-26-11-12-27-21/h3-12,14H,1-2H3,(H,27,28). The fourth-order valence-electron chi connectivity index (χ4n) is 3.05. The van der Waals surface area contributed by atoms with Gasteiger partial charge in [-0.1, -0.05) is 0 Å². The van der Waals surface area contributed by atoms with E-state index in [9.17, 15) is 14.9 Å². The topological polar surface area (TPSA) is 121 Å². The lowest BCUT2D eigenvalue weighted by atomic mass is 10.0. The molecule has 9 nitrogen and oxygen atoms in total. The number of hydrogen-bond acceptors (Lipinski definition) is 10. The first kappa shape index (κ1) is 22.7. The largest absolute Gasteiger partial charge is 0.497 e. The Morgan fingerprint density at radius 3 is 2.41 bits per heavy atom. The first-order chi connectivity index (χ1) is 16.5. The monoisotopic (exact) mass is 470 g/mol. The van der Waals surface area contributed by atoms with E-state index in [1.807, 2.05) is 6.07 Å². The zero-order chi connectivity index (χ0) is 24.1. The number of hydrogen-bond donors (Lipinski definition) is 1. The molecule has 168 valence electrons. The van der Waals surface area contributed by atoms with Gasteiger partial charge in [0.2, 0.25) is 5.78 Å². The Kier molecular flexibility index (Phi) is 6.66. The molecule has 0 radical (unpaired) electrons. The molecule has 0 atom stereocenters. The van der Waals surface area contributed by atoms with E-state index in [-0.39, 0.29) is 21.4 Å². The van der Waals surface area contributed by atoms with E-state index < -0.39 is 5.78 Å². The molecule has 0 amide bonds. The highest BCUT2D eigenvalue weighted by Gasteiger charge is 2.31. The molecule has 34 heavy (non-hydrogen) atoms. The van der Waals surface area contributed by atoms with Crippen molar-refractivity contribution in [2.75, 3.05) is 17.4 Å². The number of allylic oxidation sites excluding steroid dienone is 1. The third-order valence-corrected chi connectivity index (χ3v) is 5.86. The van der Waals surface area contributed by atoms with Gasteiger partial charge in [-0.05, 0) is 60.3 Å². The summed E-state index contributed by atoms with van der Waals surface area (Å²) in [5, 5.41) is 19.2. The van der Waals surface area contributed by atoms with Gasteiger partial charge in [0, 0.05) is 30.6 Å². The zero-order valence-electron chi connectivity index (χ0n) is 18.2. The molecule has 10 heteroatoms. The van der Waals surface area contributed by atoms with Crippen molar-refractivity contribution in [1.29, 1.82) is 5.26 Å². The van der Waals surface area contributed by atoms with Gasteiger partial charge in [0.1, 0.15) is 28.2 Å². The number of ether oxygens (including phenoxy) is 1. The molecule has 1 aliphatic rings. The third kappa shape index (κ3) is 4.79. The van der Waals surface area contributed by atoms with Crippen LogP contribution in [-0.4, -0.2) is 33.7 Å². The second kappa shape index (κ2) is 9.97. The van der Waals surface area contributed by atoms with E-state index in [0.717, 1.165) is 11.8 Å². The van der Waals surface area contributed by atoms with Gasteiger partial charge in [0.05, 0.1) is 19.0 Å². The first-order valence-electron chi connectivity index (χ1n) is 10.0. The van der Waals surface area contributed by atoms with Crippen LogP contribution < -0.4 is 15.1 Å². The number of methoxy groups -OCH3 is 1. The zero-order valence-corrected chi connectivity index (χ0v) is 19.0. The highest BCUT2D eigenvalue weighted by atomic mass is 32.2. The maximum Gasteiger partial charge on any atom is 0.206 e. The fraction of sp³-hybridized carbons (Fsp3) is 0.0833. The number of carbonyl (C=O) groups excluding carboxylic acids is 2. The third-order valence-electron chi connectivity index (χ3n) is 4.73. The molecular formula is C24H18N6O3S. The Bertz CT molecular complexity index is 1330. The van der Waals surface area contributed by atoms with Crippen molar-refractivity contribution in [3.8, 4) is 11.8 Å². The number of nitrogens with one attached hydrogen (secondary N) is 1. The van der Waals surface area contributed by atoms with Crippen LogP contribution in [0.25, 0.3) is 0 Å². The van der Waals surface area contributed by atoms with Gasteiger partial charge in [0.15, 0.2) is 10.8 Å². The molecule has 4 rings (SSSR count). The number of nitriles is 1. The average molecular weight is 471 g/mol. The van der Waals surface area contributed by atoms with Gasteiger partial charge in [0.25, 0.3) is 0 Å². The van der Waals surface area contributed by atoms with Gasteiger partial charge in [-0.3, -0.25) is 14.6 Å². The summed E-state index contributed by atoms with van der Waals surface area (Å²) in [4.78, 5) is 33.4. The van der Waals surface area contributed by atoms with Crippen LogP contribution in [0, 0.1) is 11.3 Å². The molecule has 0 fully saturated rings. The smallest absolute Gasteiger partial charge is 0.206 e. The number of thioether (sulfide) groups is 1. The quantitative estimate of drug-likeness (QED) is 0.306. The molecule has 0 unspecified atom stereocenters. The molecule has 0 saturated carbocycles. The summed E-state index contributed by atoms with van der Waals surface area (Å²) in [6.07, 6.45) is 4.72. The molecule has 0 spiro atoms. The Labute approximate surface area is 199 Å². The molecule has 0 aliphatic carbocycles. The van der Waals surface area contributed by atoms with Crippen molar-refractivity contribution in [3.63, 3.8) is 0 Å². The van der Waals surface area contributed by atoms with E-state index in [0.29, 0.717) is 28.5 Å². The lowest BCUT2D eigenvalue weighted by Crippen LogP contribution is -2.15. The summed E-state index contributed by atoms with van der Waals surface area (Å²) in [6.45, 7) is 1.39. The second-order valence-electron chi connectivity index (χ2n) is 6.99. The summed E-state index contributed by atoms with van der Waals surface area (Å²) in [7, 11) is 1.55. The van der Waals surface area contributed by atoms with Crippen molar-refractivity contribution < 1.29 is 14.3 Å². The van der Waals surface area contributed by atoms with Crippen molar-refractivity contribution in [1.82, 2.24) is 9.97 Å². The van der Waals surface area contributed by atoms with Crippen LogP contribution >= 0.6 is 11.8 Å². The molecule has 0 saturated heterocycles. The van der Waals surface area contributed by atoms with Crippen molar-refractivity contribution in [3.05, 3.63) is 83.3 Å². The molecule has 1 aliphatic heterocycles. The lowest BCUT2D eigenvalue weighted by Gasteiger charge is -2.17. The summed E-state index contributed by atoms with van der Waals surface area (Å²) >= 11 is 0.996. The van der Waals surface area contributed by atoms with Crippen LogP contribution in [0.3, 0.4) is 0 Å². The van der Waals surface area contributed by atoms with Crippen LogP contribution in [0.5, 0.6) is 5.75 Å². The van der Waals surface area contributed by atoms with Gasteiger partial charge in [-0.15, -0.1) is 0 Å². The molecule has 2 heterocycles. The number of hydrazone groups is 1. The van der Waals surface area contributed by atoms with Crippen LogP contribution in [0.2, 0.25) is 0 Å². The van der Waals surface area contributed by atoms with Crippen LogP contribution in [-0.2, 0) is 4.79 Å². The molecule has 1 aromatic heterocycles. The number of benzene rings is 2. The van der Waals surface area contributed by atoms with Crippen molar-refractivity contribution in [2.45, 2.75) is 6.92 Å². The van der Waals surface area contributed by atoms with E-state index in [4.69, 9.17) is 4.74 Å². The van der Waals surface area contributed by atoms with Gasteiger partial charge in [-0.25, -0.2) is 9.99 Å². The minimum atomic E-state index is -0.477. The number of rotatable bonds is 7. The number of anilines is 3. The second-order valence-corrected chi connectivity index (χ2v) is 7.96. The first-order valence-corrected chi connectivity index (χ1v) is 10.9. The van der Waals surface area contributed by atoms with Crippen LogP contribution in [0.15, 0.2) is 82.8 Å². The Hall–Kier alpha value is -4.49. The SMILES string of the molecule is COc1ccc(N2N=C(C(C)=O)SC2=C(C#N)C(=O)c2ccc(Nc3cnccn3)cc2)cc1. The Morgan fingerprint density at radius 1 is 1.09 bits per heavy atom. The lowest BCUT2D eigenvalue weighted by molar-refractivity contribution is -0.110. The molecular weight excluding hydrogens is 452 g/mol. The van der Waals surface area contributed by atoms with E-state index in [2.05, 4.69) is 20.4 Å². The predicted octanol–water partition coefficient (Wildman–Crippen LogP) is 4.30. The van der Waals surface area contributed by atoms with Crippen molar-refractivity contribution in [2.24, 2.45) is 5.10 Å². The maximum atomic E-state index is 13.3. The van der Waals surface area contributed by atoms with E-state index in [1.165, 1.54) is 11.9 Å². The van der Waals surface area contributed by atoms with E-state index >= 15 is 0 Å². The highest BCUT2D eigenvalue weighted by molar-refractivity contribution is 8.19. The minimum Gasteiger partial charge on any atom is -0.497 e. The number of Topliss-reactive ketones (excluding diaryl/α,β-unsaturated/α-hetero) is 2. The van der Waals surface area contributed by atoms with Gasteiger partial charge in [-0.2, -0.15) is 10.4 Å². The molecule has 1 N–H and O–H groups in total. The minimum absolute atomic E-state index is 0.115. The van der Waals surface area contributed by atoms with Crippen LogP contribution in [0.4, 0.5) is 17.2 Å². The maximum absolute atomic E-state index is 13.3. The van der Waals surface area contributed by atoms with Gasteiger partial charge >= 0.3 is 0 Å². The highest BCUT2D eigenvalue weighted by Crippen LogP contribution is 2.38. The number of aromatic nitrogens is 2. The summed E-state index contributed by atoms with van der Waals surface area (Å²) < 4.78 is 5.19. The van der Waals surface area contributed by atoms with Crippen molar-refractivity contribution >= 4 is 45.6 Å². The van der Waals surface area contributed by atoms with Crippen LogP contribution in [0.1, 0.15) is 17.3 Å². The molecule has 2 aromatic carbocycles. The number of nitrogens with zero attached hydrogens (tertiary/aromatic N) is 5. The van der Waals surface area contributed by atoms with E-state index in [1.54, 1.807) is 74.2 Å². The number of carbonyl (C=O) groups is 2. The summed E-state index contributed by atoms with van der Waals surface area (Å²) in [5.74, 6) is 0.466. The molecule has 0 bridgehead atoms. The number of ketones is 2. The Morgan fingerprint density at radius 2 is 1.82 bits per heavy atom. The molecule has 3 aromatic rings. The summed E-state index contributed by atoms with van der Waals surface area (Å²) in [5.41, 5.74) is 1.50. The predicted molar refractivity (Wildman–Crippen MR) is 130 cm³/mol. The normalized spacial score (nSPS) is 14.1. The fourth-order valence-corrected chi connectivity index (χ4v) is 3.97. The van der Waals surface area contributed by atoms with Gasteiger partial charge < -0.3 is 10.1 Å². The summed E-state index contributed by atoms with van der Waals surface area (Å²) in [6, 6.07) is 15.6. The Balaban J connectivity index is 1.65.